The van der Waals surface area contributed by atoms with Gasteiger partial charge in [0.25, 0.3) is 11.7 Å². The van der Waals surface area contributed by atoms with E-state index in [1.165, 1.54) is 0 Å². The molecule has 2 aromatic carbocycles. The molecule has 0 radical (unpaired) electrons. The average molecular weight is 416 g/mol. The molecular weight excluding hydrogens is 394 g/mol. The quantitative estimate of drug-likeness (QED) is 0.612. The molecule has 2 heterocycles. The predicted octanol–water partition coefficient (Wildman–Crippen LogP) is 4.20. The number of fused-ring (bicyclic) bond motifs is 1. The summed E-state index contributed by atoms with van der Waals surface area (Å²) in [6.07, 6.45) is 1.64. The van der Waals surface area contributed by atoms with Crippen LogP contribution in [0.15, 0.2) is 59.8 Å². The molecule has 1 N–H and O–H groups in total. The summed E-state index contributed by atoms with van der Waals surface area (Å²) in [5.41, 5.74) is 2.24. The topological polar surface area (TPSA) is 50.2 Å². The van der Waals surface area contributed by atoms with Crippen LogP contribution in [0.5, 0.6) is 0 Å². The molecule has 0 aliphatic carbocycles. The normalized spacial score (nSPS) is 15.8. The lowest BCUT2D eigenvalue weighted by Gasteiger charge is -2.32. The highest BCUT2D eigenvalue weighted by molar-refractivity contribution is 7.99. The number of nitrogens with zero attached hydrogens (tertiary/aromatic N) is 3. The van der Waals surface area contributed by atoms with Crippen LogP contribution >= 0.6 is 11.8 Å². The van der Waals surface area contributed by atoms with Gasteiger partial charge in [-0.15, -0.1) is 0 Å². The minimum absolute atomic E-state index is 0.0553. The minimum Gasteiger partial charge on any atom is -0.349 e. The predicted molar refractivity (Wildman–Crippen MR) is 110 cm³/mol. The van der Waals surface area contributed by atoms with E-state index in [0.717, 1.165) is 37.0 Å². The van der Waals surface area contributed by atoms with Crippen molar-refractivity contribution in [2.24, 2.45) is 0 Å². The number of alkyl halides is 2. The number of hydrogen-bond donors (Lipinski definition) is 1. The summed E-state index contributed by atoms with van der Waals surface area (Å²) in [5, 5.41) is 3.43. The number of thioether (sulfide) groups is 1. The second-order valence-corrected chi connectivity index (χ2v) is 8.02. The van der Waals surface area contributed by atoms with E-state index in [1.54, 1.807) is 12.1 Å². The number of amides is 1. The molecule has 1 aliphatic rings. The van der Waals surface area contributed by atoms with E-state index in [4.69, 9.17) is 0 Å². The van der Waals surface area contributed by atoms with Crippen LogP contribution in [0.25, 0.3) is 11.0 Å². The number of piperidine rings is 1. The Morgan fingerprint density at radius 1 is 1.10 bits per heavy atom. The molecule has 4 rings (SSSR count). The first-order valence-electron chi connectivity index (χ1n) is 9.58. The first kappa shape index (κ1) is 19.8. The van der Waals surface area contributed by atoms with Crippen LogP contribution in [0, 0.1) is 0 Å². The van der Waals surface area contributed by atoms with Gasteiger partial charge in [0.05, 0.1) is 17.7 Å². The largest absolute Gasteiger partial charge is 0.349 e. The zero-order chi connectivity index (χ0) is 20.2. The Kier molecular flexibility index (Phi) is 6.10. The van der Waals surface area contributed by atoms with Gasteiger partial charge in [-0.25, -0.2) is 4.98 Å². The van der Waals surface area contributed by atoms with E-state index in [0.29, 0.717) is 29.2 Å². The van der Waals surface area contributed by atoms with Crippen LogP contribution in [-0.4, -0.2) is 45.2 Å². The van der Waals surface area contributed by atoms with Crippen LogP contribution in [-0.2, 0) is 6.67 Å². The van der Waals surface area contributed by atoms with Gasteiger partial charge in [0.2, 0.25) is 0 Å². The Morgan fingerprint density at radius 3 is 2.52 bits per heavy atom. The van der Waals surface area contributed by atoms with Gasteiger partial charge < -0.3 is 9.88 Å². The number of carbonyl (C=O) groups excluding carboxylic acids is 1. The first-order chi connectivity index (χ1) is 14.1. The molecule has 3 aromatic rings. The summed E-state index contributed by atoms with van der Waals surface area (Å²) >= 11 is 0.481. The third kappa shape index (κ3) is 4.76. The van der Waals surface area contributed by atoms with Gasteiger partial charge in [0.1, 0.15) is 0 Å². The van der Waals surface area contributed by atoms with Crippen molar-refractivity contribution in [3.8, 4) is 0 Å². The molecule has 1 amide bonds. The summed E-state index contributed by atoms with van der Waals surface area (Å²) in [7, 11) is 0. The molecule has 5 nitrogen and oxygen atoms in total. The number of nitrogens with one attached hydrogen (secondary N) is 1. The maximum Gasteiger partial charge on any atom is 0.291 e. The maximum atomic E-state index is 13.0. The molecule has 8 heteroatoms. The smallest absolute Gasteiger partial charge is 0.291 e. The van der Waals surface area contributed by atoms with Crippen molar-refractivity contribution < 1.29 is 13.6 Å². The van der Waals surface area contributed by atoms with Gasteiger partial charge in [-0.3, -0.25) is 9.69 Å². The third-order valence-electron chi connectivity index (χ3n) is 5.11. The lowest BCUT2D eigenvalue weighted by atomic mass is 10.0. The van der Waals surface area contributed by atoms with Crippen LogP contribution in [0.2, 0.25) is 0 Å². The highest BCUT2D eigenvalue weighted by Crippen LogP contribution is 2.29. The van der Waals surface area contributed by atoms with Crippen LogP contribution < -0.4 is 5.32 Å². The number of benzene rings is 2. The highest BCUT2D eigenvalue weighted by atomic mass is 32.2. The second kappa shape index (κ2) is 8.92. The van der Waals surface area contributed by atoms with Crippen molar-refractivity contribution in [2.75, 3.05) is 13.1 Å². The van der Waals surface area contributed by atoms with Crippen LogP contribution in [0.4, 0.5) is 8.78 Å². The Balaban J connectivity index is 1.39. The summed E-state index contributed by atoms with van der Waals surface area (Å²) in [4.78, 5) is 18.9. The molecule has 1 aliphatic heterocycles. The molecule has 1 fully saturated rings. The van der Waals surface area contributed by atoms with Gasteiger partial charge in [0.15, 0.2) is 5.16 Å². The standard InChI is InChI=1S/C21H22F2N4OS/c22-20(23)29-21-25-17-8-4-5-9-18(17)27(21)14-26-12-10-16(11-13-26)24-19(28)15-6-2-1-3-7-15/h1-9,16,20H,10-14H2,(H,24,28). The molecule has 0 atom stereocenters. The SMILES string of the molecule is O=C(NC1CCN(Cn2c(SC(F)F)nc3ccccc32)CC1)c1ccccc1. The Hall–Kier alpha value is -2.45. The number of halogens is 2. The van der Waals surface area contributed by atoms with E-state index in [-0.39, 0.29) is 11.9 Å². The van der Waals surface area contributed by atoms with E-state index >= 15 is 0 Å². The maximum absolute atomic E-state index is 13.0. The third-order valence-corrected chi connectivity index (χ3v) is 5.81. The van der Waals surface area contributed by atoms with Crippen molar-refractivity contribution in [1.82, 2.24) is 19.8 Å². The molecule has 0 bridgehead atoms. The summed E-state index contributed by atoms with van der Waals surface area (Å²) in [6.45, 7) is 2.07. The van der Waals surface area contributed by atoms with Crippen LogP contribution in [0.3, 0.4) is 0 Å². The number of para-hydroxylation sites is 2. The molecule has 1 saturated heterocycles. The van der Waals surface area contributed by atoms with Crippen molar-refractivity contribution >= 4 is 28.7 Å². The number of rotatable bonds is 6. The number of imidazole rings is 1. The van der Waals surface area contributed by atoms with Crippen molar-refractivity contribution in [1.29, 1.82) is 0 Å². The molecule has 0 spiro atoms. The molecule has 0 unspecified atom stereocenters. The molecule has 0 saturated carbocycles. The molecule has 152 valence electrons. The monoisotopic (exact) mass is 416 g/mol. The number of likely N-dealkylation sites (tertiary alicyclic amines) is 1. The lowest BCUT2D eigenvalue weighted by Crippen LogP contribution is -2.45. The van der Waals surface area contributed by atoms with Gasteiger partial charge in [-0.2, -0.15) is 8.78 Å². The zero-order valence-corrected chi connectivity index (χ0v) is 16.6. The van der Waals surface area contributed by atoms with Crippen molar-refractivity contribution in [3.05, 3.63) is 60.2 Å². The van der Waals surface area contributed by atoms with E-state index < -0.39 is 5.76 Å². The Bertz CT molecular complexity index is 971. The summed E-state index contributed by atoms with van der Waals surface area (Å²) < 4.78 is 27.8. The fraction of sp³-hybridized carbons (Fsp3) is 0.333. The first-order valence-corrected chi connectivity index (χ1v) is 10.5. The highest BCUT2D eigenvalue weighted by Gasteiger charge is 2.23. The Labute approximate surface area is 172 Å². The van der Waals surface area contributed by atoms with Crippen molar-refractivity contribution in [3.63, 3.8) is 0 Å². The number of hydrogen-bond acceptors (Lipinski definition) is 4. The summed E-state index contributed by atoms with van der Waals surface area (Å²) in [5.74, 6) is -2.57. The number of aromatic nitrogens is 2. The average Bonchev–Trinajstić information content (AvgIpc) is 3.06. The van der Waals surface area contributed by atoms with Gasteiger partial charge in [0, 0.05) is 24.7 Å². The minimum atomic E-state index is -2.51. The summed E-state index contributed by atoms with van der Waals surface area (Å²) in [6, 6.07) is 16.8. The second-order valence-electron chi connectivity index (χ2n) is 7.06. The van der Waals surface area contributed by atoms with Gasteiger partial charge in [-0.1, -0.05) is 30.3 Å². The Morgan fingerprint density at radius 2 is 1.79 bits per heavy atom. The molecule has 29 heavy (non-hydrogen) atoms. The molecule has 1 aromatic heterocycles. The van der Waals surface area contributed by atoms with Gasteiger partial charge >= 0.3 is 0 Å². The van der Waals surface area contributed by atoms with Crippen LogP contribution in [0.1, 0.15) is 23.2 Å². The van der Waals surface area contributed by atoms with Crippen molar-refractivity contribution in [2.45, 2.75) is 36.5 Å². The van der Waals surface area contributed by atoms with Gasteiger partial charge in [-0.05, 0) is 48.9 Å². The fourth-order valence-electron chi connectivity index (χ4n) is 3.64. The van der Waals surface area contributed by atoms with E-state index in [1.807, 2.05) is 47.0 Å². The zero-order valence-electron chi connectivity index (χ0n) is 15.8. The van der Waals surface area contributed by atoms with E-state index in [9.17, 15) is 13.6 Å². The lowest BCUT2D eigenvalue weighted by molar-refractivity contribution is 0.0898. The fourth-order valence-corrected chi connectivity index (χ4v) is 4.23. The molecular formula is C21H22F2N4OS. The van der Waals surface area contributed by atoms with E-state index in [2.05, 4.69) is 15.2 Å². The number of carbonyl (C=O) groups is 1.